The Bertz CT molecular complexity index is 1140. The molecule has 0 saturated carbocycles. The molecule has 2 aromatic carbocycles. The van der Waals surface area contributed by atoms with Crippen molar-refractivity contribution in [3.05, 3.63) is 54.6 Å². The lowest BCUT2D eigenvalue weighted by atomic mass is 10.1. The molecule has 33 heavy (non-hydrogen) atoms. The van der Waals surface area contributed by atoms with Crippen LogP contribution >= 0.6 is 11.8 Å². The molecular formula is C23H27FN2O5S2. The standard InChI is InChI=1S/C23H27FN2O5S2/c1-4-5-6-18-15-26(17-9-7-16(24)8-10-17)19-13-21(32-3)20(31-12-11-23(27)28)14-22(19)33(29,30)25(18)2/h7-14,18H,4-6,15H2,1-3H3,(H,27,28)/b12-11+/t18-/m0/s1. The highest BCUT2D eigenvalue weighted by Gasteiger charge is 2.37. The molecule has 7 nitrogen and oxygen atoms in total. The average molecular weight is 495 g/mol. The second kappa shape index (κ2) is 10.6. The van der Waals surface area contributed by atoms with Crippen LogP contribution in [0.3, 0.4) is 0 Å². The zero-order valence-electron chi connectivity index (χ0n) is 18.7. The van der Waals surface area contributed by atoms with E-state index in [1.54, 1.807) is 25.2 Å². The van der Waals surface area contributed by atoms with E-state index < -0.39 is 16.0 Å². The summed E-state index contributed by atoms with van der Waals surface area (Å²) in [5, 5.41) is 8.84. The first kappa shape index (κ1) is 25.1. The molecule has 1 atom stereocenters. The number of fused-ring (bicyclic) bond motifs is 1. The van der Waals surface area contributed by atoms with Crippen molar-refractivity contribution in [2.75, 3.05) is 24.7 Å². The Morgan fingerprint density at radius 1 is 1.30 bits per heavy atom. The number of benzene rings is 2. The minimum Gasteiger partial charge on any atom is -0.478 e. The minimum atomic E-state index is -3.89. The molecule has 0 aromatic heterocycles. The first-order chi connectivity index (χ1) is 15.7. The number of unbranched alkanes of at least 4 members (excludes halogenated alkanes) is 1. The number of carboxylic acid groups (broad SMARTS) is 1. The van der Waals surface area contributed by atoms with Gasteiger partial charge in [-0.05, 0) is 43.0 Å². The van der Waals surface area contributed by atoms with E-state index in [0.29, 0.717) is 29.2 Å². The maximum atomic E-state index is 13.6. The van der Waals surface area contributed by atoms with Crippen LogP contribution in [-0.4, -0.2) is 49.7 Å². The van der Waals surface area contributed by atoms with E-state index in [-0.39, 0.29) is 22.5 Å². The summed E-state index contributed by atoms with van der Waals surface area (Å²) in [5.41, 5.74) is 1.14. The van der Waals surface area contributed by atoms with Gasteiger partial charge in [-0.1, -0.05) is 19.8 Å². The zero-order valence-corrected chi connectivity index (χ0v) is 20.3. The maximum Gasteiger partial charge on any atom is 0.331 e. The zero-order chi connectivity index (χ0) is 24.2. The van der Waals surface area contributed by atoms with Gasteiger partial charge in [0.05, 0.1) is 22.9 Å². The van der Waals surface area contributed by atoms with Crippen LogP contribution in [0, 0.1) is 5.82 Å². The molecule has 0 aliphatic carbocycles. The van der Waals surface area contributed by atoms with Gasteiger partial charge >= 0.3 is 5.97 Å². The van der Waals surface area contributed by atoms with Crippen molar-refractivity contribution in [1.29, 1.82) is 0 Å². The smallest absolute Gasteiger partial charge is 0.331 e. The van der Waals surface area contributed by atoms with Gasteiger partial charge in [-0.15, -0.1) is 11.8 Å². The Morgan fingerprint density at radius 3 is 2.61 bits per heavy atom. The molecule has 1 heterocycles. The Hall–Kier alpha value is -2.56. The van der Waals surface area contributed by atoms with E-state index in [1.165, 1.54) is 34.3 Å². The van der Waals surface area contributed by atoms with Crippen LogP contribution in [0.15, 0.2) is 58.5 Å². The third kappa shape index (κ3) is 5.51. The van der Waals surface area contributed by atoms with Gasteiger partial charge in [0.25, 0.3) is 0 Å². The lowest BCUT2D eigenvalue weighted by Gasteiger charge is -2.29. The first-order valence-electron chi connectivity index (χ1n) is 10.5. The van der Waals surface area contributed by atoms with E-state index in [0.717, 1.165) is 25.2 Å². The fraction of sp³-hybridized carbons (Fsp3) is 0.348. The van der Waals surface area contributed by atoms with E-state index in [1.807, 2.05) is 11.2 Å². The summed E-state index contributed by atoms with van der Waals surface area (Å²) < 4.78 is 47.7. The number of nitrogens with zero attached hydrogens (tertiary/aromatic N) is 2. The summed E-state index contributed by atoms with van der Waals surface area (Å²) in [4.78, 5) is 13.4. The summed E-state index contributed by atoms with van der Waals surface area (Å²) in [7, 11) is -2.32. The molecule has 10 heteroatoms. The van der Waals surface area contributed by atoms with Crippen molar-refractivity contribution < 1.29 is 27.4 Å². The molecule has 0 radical (unpaired) electrons. The van der Waals surface area contributed by atoms with E-state index in [2.05, 4.69) is 6.92 Å². The lowest BCUT2D eigenvalue weighted by Crippen LogP contribution is -2.40. The van der Waals surface area contributed by atoms with Crippen LogP contribution in [0.1, 0.15) is 26.2 Å². The topological polar surface area (TPSA) is 87.1 Å². The Morgan fingerprint density at radius 2 is 2.00 bits per heavy atom. The van der Waals surface area contributed by atoms with Gasteiger partial charge in [-0.25, -0.2) is 17.6 Å². The molecule has 1 aliphatic heterocycles. The molecule has 1 N–H and O–H groups in total. The van der Waals surface area contributed by atoms with Crippen molar-refractivity contribution in [3.8, 4) is 5.75 Å². The molecule has 0 amide bonds. The van der Waals surface area contributed by atoms with E-state index >= 15 is 0 Å². The minimum absolute atomic E-state index is 0.0462. The van der Waals surface area contributed by atoms with Gasteiger partial charge in [-0.3, -0.25) is 0 Å². The Balaban J connectivity index is 2.21. The molecule has 3 rings (SSSR count). The van der Waals surface area contributed by atoms with Crippen LogP contribution in [-0.2, 0) is 14.8 Å². The number of sulfonamides is 1. The number of halogens is 1. The van der Waals surface area contributed by atoms with Crippen LogP contribution in [0.2, 0.25) is 0 Å². The molecule has 0 bridgehead atoms. The molecule has 178 valence electrons. The van der Waals surface area contributed by atoms with Gasteiger partial charge in [0.1, 0.15) is 16.5 Å². The number of likely N-dealkylation sites (N-methyl/N-ethyl adjacent to an activating group) is 1. The summed E-state index contributed by atoms with van der Waals surface area (Å²) in [6.07, 6.45) is 6.14. The Kier molecular flexibility index (Phi) is 8.04. The SMILES string of the molecule is CCCC[C@H]1CN(c2ccc(F)cc2)c2cc(SC)c(O/C=C/C(=O)O)cc2S(=O)(=O)N1C. The van der Waals surface area contributed by atoms with Gasteiger partial charge < -0.3 is 14.7 Å². The second-order valence-corrected chi connectivity index (χ2v) is 10.4. The average Bonchev–Trinajstić information content (AvgIpc) is 2.86. The number of rotatable bonds is 8. The number of ether oxygens (including phenoxy) is 1. The van der Waals surface area contributed by atoms with Crippen LogP contribution < -0.4 is 9.64 Å². The van der Waals surface area contributed by atoms with Gasteiger partial charge in [0.2, 0.25) is 10.0 Å². The third-order valence-electron chi connectivity index (χ3n) is 5.54. The second-order valence-electron chi connectivity index (χ2n) is 7.63. The van der Waals surface area contributed by atoms with Crippen LogP contribution in [0.25, 0.3) is 0 Å². The molecule has 0 fully saturated rings. The monoisotopic (exact) mass is 494 g/mol. The van der Waals surface area contributed by atoms with Gasteiger partial charge in [0.15, 0.2) is 0 Å². The number of carboxylic acids is 1. The number of thioether (sulfide) groups is 1. The maximum absolute atomic E-state index is 13.6. The van der Waals surface area contributed by atoms with Crippen LogP contribution in [0.5, 0.6) is 5.75 Å². The highest BCUT2D eigenvalue weighted by molar-refractivity contribution is 7.98. The fourth-order valence-corrected chi connectivity index (χ4v) is 5.82. The molecule has 0 saturated heterocycles. The van der Waals surface area contributed by atoms with Crippen molar-refractivity contribution in [2.24, 2.45) is 0 Å². The Labute approximate surface area is 197 Å². The predicted octanol–water partition coefficient (Wildman–Crippen LogP) is 4.86. The summed E-state index contributed by atoms with van der Waals surface area (Å²) >= 11 is 1.35. The highest BCUT2D eigenvalue weighted by atomic mass is 32.2. The van der Waals surface area contributed by atoms with Crippen LogP contribution in [0.4, 0.5) is 15.8 Å². The number of carbonyl (C=O) groups is 1. The predicted molar refractivity (Wildman–Crippen MR) is 127 cm³/mol. The molecule has 0 spiro atoms. The molecule has 0 unspecified atom stereocenters. The normalized spacial score (nSPS) is 18.2. The fourth-order valence-electron chi connectivity index (χ4n) is 3.72. The first-order valence-corrected chi connectivity index (χ1v) is 13.1. The van der Waals surface area contributed by atoms with Crippen molar-refractivity contribution >= 4 is 39.1 Å². The van der Waals surface area contributed by atoms with Crippen molar-refractivity contribution in [3.63, 3.8) is 0 Å². The van der Waals surface area contributed by atoms with E-state index in [9.17, 15) is 17.6 Å². The highest BCUT2D eigenvalue weighted by Crippen LogP contribution is 2.43. The largest absolute Gasteiger partial charge is 0.478 e. The van der Waals surface area contributed by atoms with Gasteiger partial charge in [-0.2, -0.15) is 4.31 Å². The number of hydrogen-bond acceptors (Lipinski definition) is 6. The van der Waals surface area contributed by atoms with Crippen molar-refractivity contribution in [1.82, 2.24) is 4.31 Å². The van der Waals surface area contributed by atoms with E-state index in [4.69, 9.17) is 9.84 Å². The number of aliphatic carboxylic acids is 1. The molecule has 2 aromatic rings. The molecular weight excluding hydrogens is 467 g/mol. The third-order valence-corrected chi connectivity index (χ3v) is 8.23. The van der Waals surface area contributed by atoms with Gasteiger partial charge in [0, 0.05) is 31.4 Å². The quantitative estimate of drug-likeness (QED) is 0.319. The summed E-state index contributed by atoms with van der Waals surface area (Å²) in [6, 6.07) is 8.82. The van der Waals surface area contributed by atoms with Crippen molar-refractivity contribution in [2.45, 2.75) is 42.0 Å². The number of anilines is 2. The number of hydrogen-bond donors (Lipinski definition) is 1. The summed E-state index contributed by atoms with van der Waals surface area (Å²) in [6.45, 7) is 2.46. The summed E-state index contributed by atoms with van der Waals surface area (Å²) in [5.74, 6) is -1.31. The molecule has 1 aliphatic rings. The lowest BCUT2D eigenvalue weighted by molar-refractivity contribution is -0.131.